The molecular weight excluding hydrogens is 180 g/mol. The van der Waals surface area contributed by atoms with E-state index in [-0.39, 0.29) is 0 Å². The van der Waals surface area contributed by atoms with Gasteiger partial charge >= 0.3 is 0 Å². The third-order valence-electron chi connectivity index (χ3n) is 1.69. The van der Waals surface area contributed by atoms with Gasteiger partial charge in [-0.1, -0.05) is 0 Å². The summed E-state index contributed by atoms with van der Waals surface area (Å²) in [6, 6.07) is 4.98. The van der Waals surface area contributed by atoms with Gasteiger partial charge in [-0.3, -0.25) is 10.2 Å². The lowest BCUT2D eigenvalue weighted by molar-refractivity contribution is 0.297. The Labute approximate surface area is 80.7 Å². The summed E-state index contributed by atoms with van der Waals surface area (Å²) in [5.74, 6) is 0.422. The normalized spacial score (nSPS) is 9.79. The van der Waals surface area contributed by atoms with Crippen LogP contribution >= 0.6 is 0 Å². The Morgan fingerprint density at radius 1 is 1.00 bits per heavy atom. The van der Waals surface area contributed by atoms with Crippen LogP contribution in [0.2, 0.25) is 0 Å². The van der Waals surface area contributed by atoms with Crippen LogP contribution in [0.5, 0.6) is 0 Å². The van der Waals surface area contributed by atoms with Crippen LogP contribution in [0, 0.1) is 0 Å². The number of hydrogen-bond acceptors (Lipinski definition) is 5. The predicted octanol–water partition coefficient (Wildman–Crippen LogP) is 1.40. The van der Waals surface area contributed by atoms with Crippen LogP contribution in [0.25, 0.3) is 0 Å². The van der Waals surface area contributed by atoms with Gasteiger partial charge in [-0.2, -0.15) is 0 Å². The Hall–Kier alpha value is -2.01. The molecule has 70 valence electrons. The lowest BCUT2D eigenvalue weighted by atomic mass is 10.4. The second-order valence-corrected chi connectivity index (χ2v) is 2.58. The van der Waals surface area contributed by atoms with Gasteiger partial charge in [0, 0.05) is 24.7 Å². The largest absolute Gasteiger partial charge is 0.282 e. The van der Waals surface area contributed by atoms with E-state index in [1.165, 1.54) is 6.33 Å². The van der Waals surface area contributed by atoms with Gasteiger partial charge in [-0.05, 0) is 12.1 Å². The van der Waals surface area contributed by atoms with Crippen LogP contribution in [-0.2, 0) is 0 Å². The monoisotopic (exact) mass is 188 g/mol. The molecule has 0 aliphatic rings. The van der Waals surface area contributed by atoms with Crippen molar-refractivity contribution in [3.8, 4) is 0 Å². The van der Waals surface area contributed by atoms with Gasteiger partial charge in [-0.15, -0.1) is 0 Å². The molecule has 0 amide bonds. The summed E-state index contributed by atoms with van der Waals surface area (Å²) in [7, 11) is 0. The van der Waals surface area contributed by atoms with Crippen molar-refractivity contribution in [3.05, 3.63) is 43.1 Å². The molecule has 14 heavy (non-hydrogen) atoms. The average molecular weight is 188 g/mol. The summed E-state index contributed by atoms with van der Waals surface area (Å²) in [5.41, 5.74) is 0.610. The topological polar surface area (TPSA) is 62.1 Å². The van der Waals surface area contributed by atoms with Crippen molar-refractivity contribution in [2.75, 3.05) is 5.06 Å². The number of pyridine rings is 1. The van der Waals surface area contributed by atoms with E-state index in [4.69, 9.17) is 0 Å². The Morgan fingerprint density at radius 2 is 1.71 bits per heavy atom. The molecule has 2 aromatic rings. The van der Waals surface area contributed by atoms with E-state index in [1.54, 1.807) is 36.8 Å². The highest BCUT2D eigenvalue weighted by atomic mass is 16.5. The smallest absolute Gasteiger partial charge is 0.161 e. The summed E-state index contributed by atoms with van der Waals surface area (Å²) in [4.78, 5) is 11.5. The summed E-state index contributed by atoms with van der Waals surface area (Å²) in [6.45, 7) is 0. The number of aromatic nitrogens is 3. The van der Waals surface area contributed by atoms with Crippen molar-refractivity contribution >= 4 is 11.5 Å². The lowest BCUT2D eigenvalue weighted by Gasteiger charge is -2.14. The van der Waals surface area contributed by atoms with Crippen molar-refractivity contribution < 1.29 is 5.21 Å². The van der Waals surface area contributed by atoms with Crippen molar-refractivity contribution in [1.29, 1.82) is 0 Å². The van der Waals surface area contributed by atoms with Crippen molar-refractivity contribution in [2.24, 2.45) is 0 Å². The summed E-state index contributed by atoms with van der Waals surface area (Å²) < 4.78 is 0. The quantitative estimate of drug-likeness (QED) is 0.722. The molecule has 0 fully saturated rings. The Bertz CT molecular complexity index is 353. The molecule has 0 spiro atoms. The van der Waals surface area contributed by atoms with Crippen LogP contribution in [0.15, 0.2) is 43.1 Å². The van der Waals surface area contributed by atoms with Crippen molar-refractivity contribution in [3.63, 3.8) is 0 Å². The summed E-state index contributed by atoms with van der Waals surface area (Å²) in [6.07, 6.45) is 6.13. The van der Waals surface area contributed by atoms with E-state index in [2.05, 4.69) is 15.0 Å². The SMILES string of the molecule is ON(c1ccncc1)c1ccncn1. The highest BCUT2D eigenvalue weighted by Gasteiger charge is 2.05. The van der Waals surface area contributed by atoms with Gasteiger partial charge in [0.05, 0.1) is 5.69 Å². The Kier molecular flexibility index (Phi) is 2.33. The number of hydrogen-bond donors (Lipinski definition) is 1. The van der Waals surface area contributed by atoms with E-state index in [0.29, 0.717) is 11.5 Å². The van der Waals surface area contributed by atoms with E-state index in [9.17, 15) is 5.21 Å². The van der Waals surface area contributed by atoms with Crippen LogP contribution < -0.4 is 5.06 Å². The maximum Gasteiger partial charge on any atom is 0.161 e. The highest BCUT2D eigenvalue weighted by molar-refractivity contribution is 5.54. The molecule has 5 heteroatoms. The lowest BCUT2D eigenvalue weighted by Crippen LogP contribution is -2.11. The minimum absolute atomic E-state index is 0.422. The molecule has 5 nitrogen and oxygen atoms in total. The van der Waals surface area contributed by atoms with Gasteiger partial charge in [0.2, 0.25) is 0 Å². The zero-order valence-electron chi connectivity index (χ0n) is 7.28. The fourth-order valence-electron chi connectivity index (χ4n) is 1.03. The average Bonchev–Trinajstić information content (AvgIpc) is 2.30. The maximum atomic E-state index is 9.71. The molecule has 0 radical (unpaired) electrons. The molecule has 0 aliphatic heterocycles. The van der Waals surface area contributed by atoms with E-state index in [0.717, 1.165) is 5.06 Å². The zero-order chi connectivity index (χ0) is 9.80. The van der Waals surface area contributed by atoms with Gasteiger partial charge in [0.25, 0.3) is 0 Å². The predicted molar refractivity (Wildman–Crippen MR) is 50.2 cm³/mol. The van der Waals surface area contributed by atoms with Gasteiger partial charge in [0.15, 0.2) is 5.82 Å². The van der Waals surface area contributed by atoms with Crippen molar-refractivity contribution in [2.45, 2.75) is 0 Å². The minimum atomic E-state index is 0.422. The third kappa shape index (κ3) is 1.67. The second kappa shape index (κ2) is 3.80. The van der Waals surface area contributed by atoms with Crippen LogP contribution in [0.1, 0.15) is 0 Å². The molecule has 2 heterocycles. The summed E-state index contributed by atoms with van der Waals surface area (Å²) in [5, 5.41) is 10.7. The number of nitrogens with zero attached hydrogens (tertiary/aromatic N) is 4. The minimum Gasteiger partial charge on any atom is -0.282 e. The molecule has 0 saturated carbocycles. The van der Waals surface area contributed by atoms with Crippen LogP contribution in [0.4, 0.5) is 11.5 Å². The Morgan fingerprint density at radius 3 is 2.36 bits per heavy atom. The molecule has 1 N–H and O–H groups in total. The maximum absolute atomic E-state index is 9.71. The summed E-state index contributed by atoms with van der Waals surface area (Å²) >= 11 is 0. The molecular formula is C9H8N4O. The molecule has 0 atom stereocenters. The van der Waals surface area contributed by atoms with Crippen LogP contribution in [-0.4, -0.2) is 20.2 Å². The van der Waals surface area contributed by atoms with Gasteiger partial charge < -0.3 is 0 Å². The van der Waals surface area contributed by atoms with Crippen LogP contribution in [0.3, 0.4) is 0 Å². The first-order chi connectivity index (χ1) is 6.88. The zero-order valence-corrected chi connectivity index (χ0v) is 7.28. The molecule has 2 rings (SSSR count). The Balaban J connectivity index is 2.30. The number of rotatable bonds is 2. The fourth-order valence-corrected chi connectivity index (χ4v) is 1.03. The molecule has 0 bridgehead atoms. The molecule has 2 aromatic heterocycles. The van der Waals surface area contributed by atoms with Gasteiger partial charge in [0.1, 0.15) is 6.33 Å². The molecule has 0 aliphatic carbocycles. The highest BCUT2D eigenvalue weighted by Crippen LogP contribution is 2.18. The first-order valence-electron chi connectivity index (χ1n) is 4.03. The van der Waals surface area contributed by atoms with E-state index in [1.807, 2.05) is 0 Å². The second-order valence-electron chi connectivity index (χ2n) is 2.58. The van der Waals surface area contributed by atoms with Crippen molar-refractivity contribution in [1.82, 2.24) is 15.0 Å². The molecule has 0 saturated heterocycles. The standard InChI is InChI=1S/C9H8N4O/c14-13(8-1-4-10-5-2-8)9-3-6-11-7-12-9/h1-7,14H. The first-order valence-corrected chi connectivity index (χ1v) is 4.03. The molecule has 0 unspecified atom stereocenters. The van der Waals surface area contributed by atoms with Gasteiger partial charge in [-0.25, -0.2) is 15.0 Å². The third-order valence-corrected chi connectivity index (χ3v) is 1.69. The number of anilines is 2. The molecule has 0 aromatic carbocycles. The van der Waals surface area contributed by atoms with E-state index >= 15 is 0 Å². The first kappa shape index (κ1) is 8.58. The fraction of sp³-hybridized carbons (Fsp3) is 0. The van der Waals surface area contributed by atoms with E-state index < -0.39 is 0 Å².